The first-order chi connectivity index (χ1) is 21.5. The number of aliphatic hydroxyl groups is 2. The first kappa shape index (κ1) is 35.7. The minimum atomic E-state index is -1.75. The van der Waals surface area contributed by atoms with Crippen molar-refractivity contribution >= 4 is 34.9 Å². The molecule has 1 fully saturated rings. The molecule has 9 nitrogen and oxygen atoms in total. The van der Waals surface area contributed by atoms with Crippen molar-refractivity contribution in [3.63, 3.8) is 0 Å². The van der Waals surface area contributed by atoms with Crippen LogP contribution < -0.4 is 10.6 Å². The van der Waals surface area contributed by atoms with E-state index in [1.165, 1.54) is 30.3 Å². The number of nitriles is 1. The molecule has 0 saturated carbocycles. The molecule has 2 heterocycles. The van der Waals surface area contributed by atoms with Gasteiger partial charge >= 0.3 is 0 Å². The lowest BCUT2D eigenvalue weighted by Gasteiger charge is -2.37. The molecule has 1 saturated heterocycles. The summed E-state index contributed by atoms with van der Waals surface area (Å²) in [6, 6.07) is 10.2. The highest BCUT2D eigenvalue weighted by atomic mass is 35.5. The summed E-state index contributed by atoms with van der Waals surface area (Å²) in [6.07, 6.45) is 0.941. The fraction of sp³-hybridized carbons (Fsp3) is 0.485. The zero-order valence-electron chi connectivity index (χ0n) is 26.3. The van der Waals surface area contributed by atoms with Gasteiger partial charge in [0.15, 0.2) is 5.82 Å². The van der Waals surface area contributed by atoms with Gasteiger partial charge in [0.05, 0.1) is 42.5 Å². The number of nitrogens with zero attached hydrogens (tertiary/aromatic N) is 3. The fourth-order valence-electron chi connectivity index (χ4n) is 6.09. The monoisotopic (exact) mass is 677 g/mol. The summed E-state index contributed by atoms with van der Waals surface area (Å²) in [6.45, 7) is 9.19. The van der Waals surface area contributed by atoms with Crippen molar-refractivity contribution in [1.29, 1.82) is 5.26 Å². The molecule has 1 aliphatic heterocycles. The highest BCUT2D eigenvalue weighted by Crippen LogP contribution is 2.52. The van der Waals surface area contributed by atoms with E-state index in [-0.39, 0.29) is 45.6 Å². The number of ether oxygens (including phenoxy) is 1. The van der Waals surface area contributed by atoms with Gasteiger partial charge in [0.1, 0.15) is 23.2 Å². The number of benzene rings is 2. The normalized spacial score (nSPS) is 22.4. The third-order valence-electron chi connectivity index (χ3n) is 8.04. The molecular formula is C33H39Cl2F2N5O4. The van der Waals surface area contributed by atoms with Crippen LogP contribution in [0.2, 0.25) is 10.0 Å². The first-order valence-corrected chi connectivity index (χ1v) is 15.6. The fourth-order valence-corrected chi connectivity index (χ4v) is 6.43. The number of aromatic nitrogens is 2. The molecule has 4 N–H and O–H groups in total. The molecule has 2 aromatic carbocycles. The number of halogens is 4. The smallest absolute Gasteiger partial charge is 0.243 e. The van der Waals surface area contributed by atoms with Crippen LogP contribution in [0.1, 0.15) is 58.1 Å². The van der Waals surface area contributed by atoms with E-state index < -0.39 is 59.3 Å². The van der Waals surface area contributed by atoms with Crippen molar-refractivity contribution in [3.8, 4) is 6.07 Å². The molecule has 46 heavy (non-hydrogen) atoms. The number of nitrogens with one attached hydrogen (secondary N) is 2. The number of rotatable bonds is 11. The molecular weight excluding hydrogens is 639 g/mol. The molecule has 1 aliphatic rings. The van der Waals surface area contributed by atoms with Crippen LogP contribution in [0.15, 0.2) is 48.7 Å². The number of hydrogen-bond acceptors (Lipinski definition) is 7. The van der Waals surface area contributed by atoms with Crippen LogP contribution >= 0.6 is 23.2 Å². The van der Waals surface area contributed by atoms with E-state index in [9.17, 15) is 15.2 Å². The van der Waals surface area contributed by atoms with Crippen molar-refractivity contribution in [2.45, 2.75) is 82.7 Å². The van der Waals surface area contributed by atoms with Crippen LogP contribution in [-0.4, -0.2) is 62.9 Å². The highest BCUT2D eigenvalue weighted by Gasteiger charge is 2.61. The van der Waals surface area contributed by atoms with E-state index in [4.69, 9.17) is 33.0 Å². The molecule has 1 amide bonds. The molecule has 0 radical (unpaired) electrons. The topological polar surface area (TPSA) is 132 Å². The van der Waals surface area contributed by atoms with E-state index in [0.717, 1.165) is 6.07 Å². The second kappa shape index (κ2) is 13.9. The van der Waals surface area contributed by atoms with Crippen LogP contribution in [0.3, 0.4) is 0 Å². The van der Waals surface area contributed by atoms with E-state index in [2.05, 4.69) is 21.8 Å². The van der Waals surface area contributed by atoms with E-state index in [1.54, 1.807) is 30.8 Å². The molecule has 13 heteroatoms. The minimum Gasteiger partial charge on any atom is -0.394 e. The molecule has 3 aromatic rings. The summed E-state index contributed by atoms with van der Waals surface area (Å²) in [5.41, 5.74) is -2.94. The van der Waals surface area contributed by atoms with Crippen LogP contribution in [0.25, 0.3) is 0 Å². The van der Waals surface area contributed by atoms with Gasteiger partial charge in [-0.25, -0.2) is 8.78 Å². The van der Waals surface area contributed by atoms with Crippen molar-refractivity contribution in [1.82, 2.24) is 15.1 Å². The minimum absolute atomic E-state index is 0.0121. The van der Waals surface area contributed by atoms with Crippen molar-refractivity contribution in [3.05, 3.63) is 81.5 Å². The summed E-state index contributed by atoms with van der Waals surface area (Å²) in [4.78, 5) is 14.1. The Morgan fingerprint density at radius 2 is 1.93 bits per heavy atom. The zero-order chi connectivity index (χ0) is 34.0. The summed E-state index contributed by atoms with van der Waals surface area (Å²) >= 11 is 12.3. The SMILES string of the molecule is CC(C)(C)C[C@@H]1N[C@@H](C(=O)Nc2ccn(CC(C)(C)OC[C@@H](O)CO)n2)[C@H](c2cccc(Cl)c2F)[C@@]1(C#N)c1ccc(Cl)cc1F. The number of carbonyl (C=O) groups is 1. The first-order valence-electron chi connectivity index (χ1n) is 14.9. The lowest BCUT2D eigenvalue weighted by Crippen LogP contribution is -2.45. The Kier molecular flexibility index (Phi) is 10.8. The maximum atomic E-state index is 15.9. The van der Waals surface area contributed by atoms with Gasteiger partial charge in [0.25, 0.3) is 0 Å². The zero-order valence-corrected chi connectivity index (χ0v) is 27.8. The summed E-state index contributed by atoms with van der Waals surface area (Å²) in [5.74, 6) is -3.20. The van der Waals surface area contributed by atoms with Gasteiger partial charge in [-0.05, 0) is 49.4 Å². The third-order valence-corrected chi connectivity index (χ3v) is 8.57. The number of aliphatic hydroxyl groups excluding tert-OH is 2. The quantitative estimate of drug-likeness (QED) is 0.208. The molecule has 4 rings (SSSR count). The average Bonchev–Trinajstić information content (AvgIpc) is 3.53. The molecule has 5 atom stereocenters. The summed E-state index contributed by atoms with van der Waals surface area (Å²) in [5, 5.41) is 40.1. The van der Waals surface area contributed by atoms with Crippen LogP contribution in [-0.2, 0) is 21.5 Å². The van der Waals surface area contributed by atoms with Gasteiger partial charge in [-0.3, -0.25) is 9.48 Å². The highest BCUT2D eigenvalue weighted by molar-refractivity contribution is 6.31. The van der Waals surface area contributed by atoms with Crippen LogP contribution in [0, 0.1) is 28.4 Å². The maximum absolute atomic E-state index is 15.9. The van der Waals surface area contributed by atoms with Gasteiger partial charge in [-0.2, -0.15) is 10.4 Å². The molecule has 1 aromatic heterocycles. The number of hydrogen-bond donors (Lipinski definition) is 4. The van der Waals surface area contributed by atoms with Gasteiger partial charge < -0.3 is 25.6 Å². The summed E-state index contributed by atoms with van der Waals surface area (Å²) < 4.78 is 38.9. The standard InChI is InChI=1S/C33H39Cl2F2N5O4/c1-31(2,3)14-25-33(17-38,22-10-9-19(34)13-24(22)36)27(21-7-6-8-23(35)28(21)37)29(39-25)30(45)40-26-11-12-42(41-26)18-32(4,5)46-16-20(44)15-43/h6-13,20,25,27,29,39,43-44H,14-16,18H2,1-5H3,(H,40,41,45)/t20-,25-,27-,29+,33-/m0/s1. The van der Waals surface area contributed by atoms with Gasteiger partial charge in [0, 0.05) is 34.8 Å². The van der Waals surface area contributed by atoms with Crippen LogP contribution in [0.5, 0.6) is 0 Å². The van der Waals surface area contributed by atoms with Crippen molar-refractivity contribution in [2.75, 3.05) is 18.5 Å². The third kappa shape index (κ3) is 7.71. The van der Waals surface area contributed by atoms with Crippen molar-refractivity contribution < 1.29 is 28.5 Å². The van der Waals surface area contributed by atoms with Crippen LogP contribution in [0.4, 0.5) is 14.6 Å². The van der Waals surface area contributed by atoms with Gasteiger partial charge in [-0.15, -0.1) is 0 Å². The number of carbonyl (C=O) groups excluding carboxylic acids is 1. The predicted molar refractivity (Wildman–Crippen MR) is 172 cm³/mol. The number of amides is 1. The second-order valence-electron chi connectivity index (χ2n) is 13.5. The maximum Gasteiger partial charge on any atom is 0.243 e. The summed E-state index contributed by atoms with van der Waals surface area (Å²) in [7, 11) is 0. The predicted octanol–water partition coefficient (Wildman–Crippen LogP) is 5.58. The molecule has 0 aliphatic carbocycles. The Balaban J connectivity index is 1.76. The van der Waals surface area contributed by atoms with Gasteiger partial charge in [0.2, 0.25) is 5.91 Å². The van der Waals surface area contributed by atoms with Crippen molar-refractivity contribution in [2.24, 2.45) is 5.41 Å². The Hall–Kier alpha value is -3.11. The van der Waals surface area contributed by atoms with E-state index >= 15 is 8.78 Å². The number of anilines is 1. The Morgan fingerprint density at radius 1 is 1.22 bits per heavy atom. The van der Waals surface area contributed by atoms with E-state index in [1.807, 2.05) is 20.8 Å². The Bertz CT molecular complexity index is 1610. The molecule has 0 unspecified atom stereocenters. The Labute approximate surface area is 277 Å². The lowest BCUT2D eigenvalue weighted by atomic mass is 9.62. The van der Waals surface area contributed by atoms with Gasteiger partial charge in [-0.1, -0.05) is 62.2 Å². The molecule has 248 valence electrons. The average molecular weight is 679 g/mol. The lowest BCUT2D eigenvalue weighted by molar-refractivity contribution is -0.118. The molecule has 0 bridgehead atoms. The Morgan fingerprint density at radius 3 is 2.57 bits per heavy atom. The second-order valence-corrected chi connectivity index (χ2v) is 14.3. The van der Waals surface area contributed by atoms with E-state index in [0.29, 0.717) is 6.42 Å². The largest absolute Gasteiger partial charge is 0.394 e. The molecule has 0 spiro atoms.